The first-order chi connectivity index (χ1) is 9.74. The van der Waals surface area contributed by atoms with Gasteiger partial charge in [0.25, 0.3) is 0 Å². The number of nitrogens with one attached hydrogen (secondary N) is 1. The maximum atomic E-state index is 10.8. The Morgan fingerprint density at radius 2 is 1.45 bits per heavy atom. The molecular formula is C18H15NO. The van der Waals surface area contributed by atoms with E-state index in [0.717, 1.165) is 28.4 Å². The molecule has 0 aliphatic carbocycles. The minimum Gasteiger partial charge on any atom is -0.356 e. The standard InChI is InChI=1S/C18H15NO/c1-13-2-7-17(8-3-13)19-18-9-6-15-10-14(12-20)4-5-16(15)11-18/h2-12,19H,1H3. The Labute approximate surface area is 118 Å². The van der Waals surface area contributed by atoms with E-state index < -0.39 is 0 Å². The second kappa shape index (κ2) is 5.17. The van der Waals surface area contributed by atoms with E-state index in [4.69, 9.17) is 0 Å². The van der Waals surface area contributed by atoms with Crippen molar-refractivity contribution in [1.82, 2.24) is 0 Å². The Hall–Kier alpha value is -2.61. The van der Waals surface area contributed by atoms with Crippen molar-refractivity contribution in [3.63, 3.8) is 0 Å². The van der Waals surface area contributed by atoms with Gasteiger partial charge in [-0.3, -0.25) is 4.79 Å². The SMILES string of the molecule is Cc1ccc(Nc2ccc3cc(C=O)ccc3c2)cc1. The number of carbonyl (C=O) groups excluding carboxylic acids is 1. The van der Waals surface area contributed by atoms with E-state index in [1.165, 1.54) is 5.56 Å². The third-order valence-electron chi connectivity index (χ3n) is 3.34. The van der Waals surface area contributed by atoms with Crippen LogP contribution in [0.2, 0.25) is 0 Å². The van der Waals surface area contributed by atoms with Gasteiger partial charge in [-0.15, -0.1) is 0 Å². The van der Waals surface area contributed by atoms with Gasteiger partial charge in [-0.05, 0) is 48.0 Å². The molecule has 0 fully saturated rings. The van der Waals surface area contributed by atoms with Crippen LogP contribution in [0.15, 0.2) is 60.7 Å². The van der Waals surface area contributed by atoms with Crippen molar-refractivity contribution in [2.75, 3.05) is 5.32 Å². The lowest BCUT2D eigenvalue weighted by Crippen LogP contribution is -1.90. The normalized spacial score (nSPS) is 10.4. The summed E-state index contributed by atoms with van der Waals surface area (Å²) in [4.78, 5) is 10.8. The van der Waals surface area contributed by atoms with E-state index in [1.54, 1.807) is 0 Å². The summed E-state index contributed by atoms with van der Waals surface area (Å²) in [7, 11) is 0. The van der Waals surface area contributed by atoms with Crippen molar-refractivity contribution in [2.45, 2.75) is 6.92 Å². The summed E-state index contributed by atoms with van der Waals surface area (Å²) in [5, 5.41) is 5.57. The van der Waals surface area contributed by atoms with E-state index in [0.29, 0.717) is 5.56 Å². The first-order valence-corrected chi connectivity index (χ1v) is 6.57. The maximum Gasteiger partial charge on any atom is 0.150 e. The minimum absolute atomic E-state index is 0.705. The zero-order chi connectivity index (χ0) is 13.9. The van der Waals surface area contributed by atoms with Crippen molar-refractivity contribution < 1.29 is 4.79 Å². The number of aryl methyl sites for hydroxylation is 1. The van der Waals surface area contributed by atoms with Crippen molar-refractivity contribution in [3.05, 3.63) is 71.8 Å². The molecule has 0 bridgehead atoms. The molecule has 0 unspecified atom stereocenters. The topological polar surface area (TPSA) is 29.1 Å². The molecule has 2 nitrogen and oxygen atoms in total. The first-order valence-electron chi connectivity index (χ1n) is 6.57. The van der Waals surface area contributed by atoms with Gasteiger partial charge in [0.05, 0.1) is 0 Å². The number of aldehydes is 1. The molecule has 0 saturated heterocycles. The fourth-order valence-corrected chi connectivity index (χ4v) is 2.22. The number of benzene rings is 3. The molecule has 3 aromatic rings. The lowest BCUT2D eigenvalue weighted by Gasteiger charge is -2.08. The summed E-state index contributed by atoms with van der Waals surface area (Å²) in [5.74, 6) is 0. The van der Waals surface area contributed by atoms with E-state index in [1.807, 2.05) is 30.3 Å². The summed E-state index contributed by atoms with van der Waals surface area (Å²) < 4.78 is 0. The molecule has 2 heteroatoms. The Bertz CT molecular complexity index is 760. The highest BCUT2D eigenvalue weighted by Gasteiger charge is 1.99. The van der Waals surface area contributed by atoms with Crippen molar-refractivity contribution in [1.29, 1.82) is 0 Å². The van der Waals surface area contributed by atoms with E-state index in [9.17, 15) is 4.79 Å². The van der Waals surface area contributed by atoms with Crippen LogP contribution >= 0.6 is 0 Å². The number of anilines is 2. The van der Waals surface area contributed by atoms with Crippen molar-refractivity contribution >= 4 is 28.4 Å². The van der Waals surface area contributed by atoms with Gasteiger partial charge in [0.15, 0.2) is 0 Å². The van der Waals surface area contributed by atoms with Crippen LogP contribution in [0.1, 0.15) is 15.9 Å². The molecule has 20 heavy (non-hydrogen) atoms. The molecule has 0 amide bonds. The molecule has 0 aromatic heterocycles. The van der Waals surface area contributed by atoms with Crippen LogP contribution in [-0.2, 0) is 0 Å². The predicted octanol–water partition coefficient (Wildman–Crippen LogP) is 4.70. The molecule has 3 rings (SSSR count). The molecule has 0 radical (unpaired) electrons. The zero-order valence-corrected chi connectivity index (χ0v) is 11.3. The molecule has 1 N–H and O–H groups in total. The van der Waals surface area contributed by atoms with Crippen molar-refractivity contribution in [2.24, 2.45) is 0 Å². The van der Waals surface area contributed by atoms with Crippen LogP contribution in [0.3, 0.4) is 0 Å². The third-order valence-corrected chi connectivity index (χ3v) is 3.34. The average molecular weight is 261 g/mol. The van der Waals surface area contributed by atoms with Gasteiger partial charge < -0.3 is 5.32 Å². The molecular weight excluding hydrogens is 246 g/mol. The molecule has 3 aromatic carbocycles. The molecule has 0 heterocycles. The predicted molar refractivity (Wildman–Crippen MR) is 83.8 cm³/mol. The monoisotopic (exact) mass is 261 g/mol. The van der Waals surface area contributed by atoms with Crippen LogP contribution < -0.4 is 5.32 Å². The Kier molecular flexibility index (Phi) is 3.21. The molecule has 0 saturated carbocycles. The number of rotatable bonds is 3. The number of hydrogen-bond donors (Lipinski definition) is 1. The van der Waals surface area contributed by atoms with E-state index >= 15 is 0 Å². The first kappa shape index (κ1) is 12.4. The van der Waals surface area contributed by atoms with E-state index in [-0.39, 0.29) is 0 Å². The van der Waals surface area contributed by atoms with Gasteiger partial charge in [-0.1, -0.05) is 35.9 Å². The van der Waals surface area contributed by atoms with Crippen LogP contribution in [-0.4, -0.2) is 6.29 Å². The molecule has 0 aliphatic rings. The maximum absolute atomic E-state index is 10.8. The van der Waals surface area contributed by atoms with Gasteiger partial charge in [-0.25, -0.2) is 0 Å². The highest BCUT2D eigenvalue weighted by Crippen LogP contribution is 2.23. The molecule has 0 atom stereocenters. The zero-order valence-electron chi connectivity index (χ0n) is 11.3. The Morgan fingerprint density at radius 1 is 0.800 bits per heavy atom. The summed E-state index contributed by atoms with van der Waals surface area (Å²) in [6.07, 6.45) is 0.873. The average Bonchev–Trinajstić information content (AvgIpc) is 2.49. The van der Waals surface area contributed by atoms with Gasteiger partial charge in [0.2, 0.25) is 0 Å². The second-order valence-electron chi connectivity index (χ2n) is 4.93. The Morgan fingerprint density at radius 3 is 2.20 bits per heavy atom. The largest absolute Gasteiger partial charge is 0.356 e. The third kappa shape index (κ3) is 2.54. The van der Waals surface area contributed by atoms with Crippen LogP contribution in [0.25, 0.3) is 10.8 Å². The molecule has 0 aliphatic heterocycles. The fraction of sp³-hybridized carbons (Fsp3) is 0.0556. The highest BCUT2D eigenvalue weighted by molar-refractivity contribution is 5.91. The summed E-state index contributed by atoms with van der Waals surface area (Å²) in [6, 6.07) is 20.1. The van der Waals surface area contributed by atoms with Crippen molar-refractivity contribution in [3.8, 4) is 0 Å². The van der Waals surface area contributed by atoms with Crippen LogP contribution in [0.5, 0.6) is 0 Å². The quantitative estimate of drug-likeness (QED) is 0.692. The number of carbonyl (C=O) groups is 1. The highest BCUT2D eigenvalue weighted by atomic mass is 16.1. The lowest BCUT2D eigenvalue weighted by molar-refractivity contribution is 0.112. The summed E-state index contributed by atoms with van der Waals surface area (Å²) in [5.41, 5.74) is 4.06. The fourth-order valence-electron chi connectivity index (χ4n) is 2.22. The number of hydrogen-bond acceptors (Lipinski definition) is 2. The van der Waals surface area contributed by atoms with Gasteiger partial charge in [0, 0.05) is 16.9 Å². The summed E-state index contributed by atoms with van der Waals surface area (Å²) >= 11 is 0. The van der Waals surface area contributed by atoms with Gasteiger partial charge in [-0.2, -0.15) is 0 Å². The second-order valence-corrected chi connectivity index (χ2v) is 4.93. The lowest BCUT2D eigenvalue weighted by atomic mass is 10.1. The Balaban J connectivity index is 1.92. The smallest absolute Gasteiger partial charge is 0.150 e. The minimum atomic E-state index is 0.705. The van der Waals surface area contributed by atoms with Crippen LogP contribution in [0.4, 0.5) is 11.4 Å². The van der Waals surface area contributed by atoms with Gasteiger partial charge >= 0.3 is 0 Å². The molecule has 0 spiro atoms. The number of fused-ring (bicyclic) bond motifs is 1. The summed E-state index contributed by atoms with van der Waals surface area (Å²) in [6.45, 7) is 2.07. The van der Waals surface area contributed by atoms with Crippen LogP contribution in [0, 0.1) is 6.92 Å². The van der Waals surface area contributed by atoms with E-state index in [2.05, 4.69) is 42.6 Å². The molecule has 98 valence electrons. The van der Waals surface area contributed by atoms with Gasteiger partial charge in [0.1, 0.15) is 6.29 Å².